The summed E-state index contributed by atoms with van der Waals surface area (Å²) < 4.78 is 26.1. The van der Waals surface area contributed by atoms with Crippen LogP contribution in [0.15, 0.2) is 0 Å². The van der Waals surface area contributed by atoms with Crippen molar-refractivity contribution in [2.24, 2.45) is 23.5 Å². The molecule has 0 bridgehead atoms. The van der Waals surface area contributed by atoms with Crippen LogP contribution in [0.5, 0.6) is 0 Å². The van der Waals surface area contributed by atoms with Crippen molar-refractivity contribution >= 4 is 5.91 Å². The summed E-state index contributed by atoms with van der Waals surface area (Å²) >= 11 is 0. The van der Waals surface area contributed by atoms with Crippen LogP contribution in [0.1, 0.15) is 19.3 Å². The lowest BCUT2D eigenvalue weighted by Gasteiger charge is -2.26. The second-order valence-electron chi connectivity index (χ2n) is 5.99. The third-order valence-corrected chi connectivity index (χ3v) is 4.74. The summed E-state index contributed by atoms with van der Waals surface area (Å²) in [5.41, 5.74) is 5.29. The van der Waals surface area contributed by atoms with Gasteiger partial charge in [-0.3, -0.25) is 9.69 Å². The van der Waals surface area contributed by atoms with Crippen LogP contribution in [-0.4, -0.2) is 47.1 Å². The fourth-order valence-electron chi connectivity index (χ4n) is 3.78. The number of rotatable bonds is 3. The highest BCUT2D eigenvalue weighted by Gasteiger charge is 2.71. The first-order valence-electron chi connectivity index (χ1n) is 6.48. The molecule has 1 amide bonds. The zero-order chi connectivity index (χ0) is 13.1. The van der Waals surface area contributed by atoms with Crippen LogP contribution in [0.2, 0.25) is 0 Å². The Balaban J connectivity index is 1.56. The van der Waals surface area contributed by atoms with Gasteiger partial charge < -0.3 is 10.8 Å². The van der Waals surface area contributed by atoms with E-state index in [1.807, 2.05) is 4.90 Å². The topological polar surface area (TPSA) is 66.6 Å². The summed E-state index contributed by atoms with van der Waals surface area (Å²) in [5, 5.41) is 9.57. The number of aliphatic hydroxyl groups is 1. The number of nitrogens with two attached hydrogens (primary N) is 1. The van der Waals surface area contributed by atoms with Crippen molar-refractivity contribution < 1.29 is 18.7 Å². The van der Waals surface area contributed by atoms with Crippen molar-refractivity contribution in [3.8, 4) is 0 Å². The molecule has 3 fully saturated rings. The van der Waals surface area contributed by atoms with Crippen LogP contribution in [0.25, 0.3) is 0 Å². The lowest BCUT2D eigenvalue weighted by molar-refractivity contribution is -0.122. The molecule has 6 heteroatoms. The number of nitrogens with zero attached hydrogens (tertiary/aromatic N) is 1. The molecule has 3 aliphatic rings. The predicted octanol–water partition coefficient (Wildman–Crippen LogP) is 0.198. The lowest BCUT2D eigenvalue weighted by atomic mass is 10.0. The van der Waals surface area contributed by atoms with Crippen LogP contribution in [0, 0.1) is 17.8 Å². The van der Waals surface area contributed by atoms with Crippen LogP contribution in [0.3, 0.4) is 0 Å². The van der Waals surface area contributed by atoms with Gasteiger partial charge >= 0.3 is 0 Å². The Kier molecular flexibility index (Phi) is 2.64. The van der Waals surface area contributed by atoms with E-state index in [1.165, 1.54) is 0 Å². The number of fused-ring (bicyclic) bond motifs is 1. The van der Waals surface area contributed by atoms with E-state index in [2.05, 4.69) is 0 Å². The highest BCUT2D eigenvalue weighted by Crippen LogP contribution is 2.65. The summed E-state index contributed by atoms with van der Waals surface area (Å²) in [7, 11) is 0. The number of carbonyl (C=O) groups excluding carboxylic acids is 1. The molecule has 2 saturated carbocycles. The summed E-state index contributed by atoms with van der Waals surface area (Å²) in [6, 6.07) is -0.433. The minimum Gasteiger partial charge on any atom is -0.392 e. The largest absolute Gasteiger partial charge is 0.392 e. The van der Waals surface area contributed by atoms with Gasteiger partial charge in [-0.2, -0.15) is 0 Å². The van der Waals surface area contributed by atoms with Gasteiger partial charge in [0, 0.05) is 24.9 Å². The molecule has 0 aromatic carbocycles. The molecule has 4 nitrogen and oxygen atoms in total. The Hall–Kier alpha value is -0.750. The average molecular weight is 260 g/mol. The Morgan fingerprint density at radius 2 is 1.94 bits per heavy atom. The van der Waals surface area contributed by atoms with Crippen LogP contribution in [0.4, 0.5) is 8.78 Å². The number of alkyl halides is 2. The molecule has 1 heterocycles. The molecule has 18 heavy (non-hydrogen) atoms. The van der Waals surface area contributed by atoms with Gasteiger partial charge in [0.05, 0.1) is 12.1 Å². The summed E-state index contributed by atoms with van der Waals surface area (Å²) in [6.45, 7) is 1.03. The van der Waals surface area contributed by atoms with E-state index in [0.29, 0.717) is 32.4 Å². The predicted molar refractivity (Wildman–Crippen MR) is 59.8 cm³/mol. The van der Waals surface area contributed by atoms with Gasteiger partial charge in [-0.25, -0.2) is 8.78 Å². The van der Waals surface area contributed by atoms with Crippen LogP contribution in [-0.2, 0) is 4.79 Å². The normalized spacial score (nSPS) is 46.1. The van der Waals surface area contributed by atoms with E-state index < -0.39 is 35.8 Å². The number of β-amino-alcohol motifs (C(OH)–C–C–N with tert-alkyl or cyclic N) is 1. The minimum atomic E-state index is -2.44. The van der Waals surface area contributed by atoms with E-state index in [-0.39, 0.29) is 5.92 Å². The Morgan fingerprint density at radius 3 is 2.50 bits per heavy atom. The van der Waals surface area contributed by atoms with Gasteiger partial charge in [-0.15, -0.1) is 0 Å². The molecule has 0 aromatic rings. The first-order chi connectivity index (χ1) is 8.39. The number of amides is 1. The molecule has 3 N–H and O–H groups in total. The van der Waals surface area contributed by atoms with Gasteiger partial charge in [0.2, 0.25) is 5.91 Å². The second kappa shape index (κ2) is 3.87. The third kappa shape index (κ3) is 1.82. The summed E-state index contributed by atoms with van der Waals surface area (Å²) in [4.78, 5) is 13.1. The van der Waals surface area contributed by atoms with Crippen molar-refractivity contribution in [3.05, 3.63) is 0 Å². The van der Waals surface area contributed by atoms with Crippen molar-refractivity contribution in [1.29, 1.82) is 0 Å². The highest BCUT2D eigenvalue weighted by atomic mass is 19.3. The van der Waals surface area contributed by atoms with Crippen LogP contribution < -0.4 is 5.73 Å². The quantitative estimate of drug-likeness (QED) is 0.761. The van der Waals surface area contributed by atoms with Gasteiger partial charge in [0.25, 0.3) is 5.92 Å². The molecular weight excluding hydrogens is 242 g/mol. The molecular formula is C12H18F2N2O2. The molecule has 4 atom stereocenters. The van der Waals surface area contributed by atoms with Crippen LogP contribution >= 0.6 is 0 Å². The van der Waals surface area contributed by atoms with Crippen molar-refractivity contribution in [3.63, 3.8) is 0 Å². The maximum atomic E-state index is 13.1. The molecule has 0 spiro atoms. The van der Waals surface area contributed by atoms with Crippen molar-refractivity contribution in [2.45, 2.75) is 37.3 Å². The van der Waals surface area contributed by atoms with E-state index >= 15 is 0 Å². The summed E-state index contributed by atoms with van der Waals surface area (Å²) in [5.74, 6) is -3.54. The van der Waals surface area contributed by atoms with E-state index in [4.69, 9.17) is 5.73 Å². The molecule has 2 aliphatic carbocycles. The fraction of sp³-hybridized carbons (Fsp3) is 0.917. The lowest BCUT2D eigenvalue weighted by Crippen LogP contribution is -2.42. The van der Waals surface area contributed by atoms with Gasteiger partial charge in [0.15, 0.2) is 0 Å². The maximum Gasteiger partial charge on any atom is 0.254 e. The van der Waals surface area contributed by atoms with Crippen molar-refractivity contribution in [1.82, 2.24) is 4.90 Å². The standard InChI is InChI=1S/C12H18F2N2O2/c13-12(14)8-1-6(2-9(8)12)4-16-5-7(17)3-10(16)11(15)18/h6-10,17H,1-5H2,(H2,15,18)/t6?,7-,8?,9?,10+/m1/s1. The van der Waals surface area contributed by atoms with Gasteiger partial charge in [-0.1, -0.05) is 0 Å². The zero-order valence-electron chi connectivity index (χ0n) is 10.1. The minimum absolute atomic E-state index is 0.215. The Morgan fingerprint density at radius 1 is 1.33 bits per heavy atom. The monoisotopic (exact) mass is 260 g/mol. The van der Waals surface area contributed by atoms with E-state index in [9.17, 15) is 18.7 Å². The van der Waals surface area contributed by atoms with Gasteiger partial charge in [-0.05, 0) is 25.2 Å². The zero-order valence-corrected chi connectivity index (χ0v) is 10.1. The third-order valence-electron chi connectivity index (χ3n) is 4.74. The number of hydrogen-bond donors (Lipinski definition) is 2. The molecule has 0 aromatic heterocycles. The van der Waals surface area contributed by atoms with E-state index in [0.717, 1.165) is 0 Å². The van der Waals surface area contributed by atoms with Crippen molar-refractivity contribution in [2.75, 3.05) is 13.1 Å². The Labute approximate surface area is 104 Å². The average Bonchev–Trinajstić information content (AvgIpc) is 2.70. The molecule has 1 saturated heterocycles. The molecule has 1 aliphatic heterocycles. The van der Waals surface area contributed by atoms with E-state index in [1.54, 1.807) is 0 Å². The first-order valence-corrected chi connectivity index (χ1v) is 6.48. The Bertz CT molecular complexity index is 363. The number of primary amides is 1. The number of halogens is 2. The number of carbonyl (C=O) groups is 1. The molecule has 3 rings (SSSR count). The highest BCUT2D eigenvalue weighted by molar-refractivity contribution is 5.80. The summed E-state index contributed by atoms with van der Waals surface area (Å²) in [6.07, 6.45) is 0.913. The number of aliphatic hydroxyl groups excluding tert-OH is 1. The SMILES string of the molecule is NC(=O)[C@@H]1C[C@@H](O)CN1CC1CC2C(C1)C2(F)F. The fourth-order valence-corrected chi connectivity index (χ4v) is 3.78. The number of hydrogen-bond acceptors (Lipinski definition) is 3. The number of likely N-dealkylation sites (tertiary alicyclic amines) is 1. The second-order valence-corrected chi connectivity index (χ2v) is 5.99. The maximum absolute atomic E-state index is 13.1. The molecule has 0 radical (unpaired) electrons. The molecule has 102 valence electrons. The molecule has 2 unspecified atom stereocenters. The van der Waals surface area contributed by atoms with Gasteiger partial charge in [0.1, 0.15) is 0 Å². The first kappa shape index (κ1) is 12.3. The smallest absolute Gasteiger partial charge is 0.254 e.